The topological polar surface area (TPSA) is 58.9 Å². The van der Waals surface area contributed by atoms with E-state index in [-0.39, 0.29) is 0 Å². The van der Waals surface area contributed by atoms with Gasteiger partial charge in [0.25, 0.3) is 0 Å². The second-order valence-electron chi connectivity index (χ2n) is 5.61. The van der Waals surface area contributed by atoms with Crippen LogP contribution in [0.3, 0.4) is 0 Å². The largest absolute Gasteiger partial charge is 0.370 e. The van der Waals surface area contributed by atoms with Crippen molar-refractivity contribution < 1.29 is 0 Å². The Morgan fingerprint density at radius 2 is 1.95 bits per heavy atom. The molecule has 3 aromatic rings. The molecule has 0 atom stereocenters. The van der Waals surface area contributed by atoms with Gasteiger partial charge in [0.1, 0.15) is 0 Å². The van der Waals surface area contributed by atoms with Crippen molar-refractivity contribution in [3.63, 3.8) is 0 Å². The molecule has 112 valence electrons. The molecule has 3 heterocycles. The van der Waals surface area contributed by atoms with Gasteiger partial charge in [-0.1, -0.05) is 12.1 Å². The summed E-state index contributed by atoms with van der Waals surface area (Å²) in [6.07, 6.45) is 4.32. The van der Waals surface area contributed by atoms with Crippen LogP contribution in [0.15, 0.2) is 36.5 Å². The number of aryl methyl sites for hydroxylation is 1. The molecule has 4 rings (SSSR count). The highest BCUT2D eigenvalue weighted by Gasteiger charge is 2.14. The van der Waals surface area contributed by atoms with Crippen LogP contribution in [0.1, 0.15) is 12.8 Å². The van der Waals surface area contributed by atoms with Crippen molar-refractivity contribution in [2.75, 3.05) is 23.3 Å². The van der Waals surface area contributed by atoms with Crippen molar-refractivity contribution in [1.29, 1.82) is 0 Å². The van der Waals surface area contributed by atoms with Crippen molar-refractivity contribution in [2.24, 2.45) is 7.05 Å². The van der Waals surface area contributed by atoms with Gasteiger partial charge in [0.05, 0.1) is 17.4 Å². The number of nitrogens with one attached hydrogen (secondary N) is 1. The minimum atomic E-state index is 0.730. The number of benzene rings is 1. The summed E-state index contributed by atoms with van der Waals surface area (Å²) in [6.45, 7) is 2.19. The van der Waals surface area contributed by atoms with Gasteiger partial charge < -0.3 is 10.2 Å². The molecular formula is C16H18N6. The minimum absolute atomic E-state index is 0.730. The van der Waals surface area contributed by atoms with Crippen LogP contribution in [0.2, 0.25) is 0 Å². The van der Waals surface area contributed by atoms with E-state index in [4.69, 9.17) is 0 Å². The summed E-state index contributed by atoms with van der Waals surface area (Å²) in [4.78, 5) is 2.34. The van der Waals surface area contributed by atoms with E-state index in [1.807, 2.05) is 36.1 Å². The van der Waals surface area contributed by atoms with E-state index in [2.05, 4.69) is 37.6 Å². The Labute approximate surface area is 128 Å². The van der Waals surface area contributed by atoms with Crippen LogP contribution >= 0.6 is 0 Å². The van der Waals surface area contributed by atoms with Crippen molar-refractivity contribution in [3.8, 4) is 0 Å². The number of aromatic nitrogens is 4. The van der Waals surface area contributed by atoms with E-state index in [0.29, 0.717) is 0 Å². The fraction of sp³-hybridized carbons (Fsp3) is 0.312. The summed E-state index contributed by atoms with van der Waals surface area (Å²) in [7, 11) is 1.94. The predicted molar refractivity (Wildman–Crippen MR) is 87.5 cm³/mol. The molecule has 0 unspecified atom stereocenters. The normalized spacial score (nSPS) is 14.7. The summed E-state index contributed by atoms with van der Waals surface area (Å²) < 4.78 is 1.87. The molecule has 0 amide bonds. The first-order valence-electron chi connectivity index (χ1n) is 7.58. The van der Waals surface area contributed by atoms with Gasteiger partial charge in [0.2, 0.25) is 0 Å². The molecule has 1 aromatic carbocycles. The highest BCUT2D eigenvalue weighted by Crippen LogP contribution is 2.26. The molecule has 1 aliphatic rings. The molecule has 1 N–H and O–H groups in total. The quantitative estimate of drug-likeness (QED) is 0.805. The van der Waals surface area contributed by atoms with E-state index in [1.54, 1.807) is 0 Å². The van der Waals surface area contributed by atoms with Gasteiger partial charge in [0, 0.05) is 31.6 Å². The first-order valence-corrected chi connectivity index (χ1v) is 7.58. The van der Waals surface area contributed by atoms with Crippen LogP contribution in [-0.2, 0) is 7.05 Å². The molecular weight excluding hydrogens is 276 g/mol. The molecule has 0 bridgehead atoms. The smallest absolute Gasteiger partial charge is 0.161 e. The maximum Gasteiger partial charge on any atom is 0.161 e. The van der Waals surface area contributed by atoms with Crippen LogP contribution in [0.25, 0.3) is 10.9 Å². The summed E-state index contributed by atoms with van der Waals surface area (Å²) in [6, 6.07) is 10.2. The number of nitrogens with zero attached hydrogens (tertiary/aromatic N) is 5. The second-order valence-corrected chi connectivity index (χ2v) is 5.61. The molecule has 0 spiro atoms. The third-order valence-electron chi connectivity index (χ3n) is 4.12. The third kappa shape index (κ3) is 2.26. The van der Waals surface area contributed by atoms with Gasteiger partial charge in [-0.25, -0.2) is 0 Å². The van der Waals surface area contributed by atoms with E-state index in [0.717, 1.165) is 41.3 Å². The van der Waals surface area contributed by atoms with Crippen LogP contribution in [0.5, 0.6) is 0 Å². The minimum Gasteiger partial charge on any atom is -0.370 e. The van der Waals surface area contributed by atoms with Gasteiger partial charge in [0.15, 0.2) is 11.6 Å². The maximum absolute atomic E-state index is 4.54. The van der Waals surface area contributed by atoms with E-state index >= 15 is 0 Å². The van der Waals surface area contributed by atoms with Crippen LogP contribution < -0.4 is 10.2 Å². The predicted octanol–water partition coefficient (Wildman–Crippen LogP) is 2.71. The lowest BCUT2D eigenvalue weighted by atomic mass is 10.2. The lowest BCUT2D eigenvalue weighted by molar-refractivity contribution is 0.800. The zero-order valence-corrected chi connectivity index (χ0v) is 12.5. The van der Waals surface area contributed by atoms with E-state index in [1.165, 1.54) is 12.8 Å². The fourth-order valence-corrected chi connectivity index (χ4v) is 2.99. The van der Waals surface area contributed by atoms with Gasteiger partial charge in [-0.05, 0) is 25.0 Å². The first-order chi connectivity index (χ1) is 10.8. The number of hydrogen-bond donors (Lipinski definition) is 1. The van der Waals surface area contributed by atoms with Crippen LogP contribution in [0, 0.1) is 0 Å². The summed E-state index contributed by atoms with van der Waals surface area (Å²) in [5.74, 6) is 1.54. The van der Waals surface area contributed by atoms with Gasteiger partial charge in [-0.3, -0.25) is 4.68 Å². The first kappa shape index (κ1) is 13.1. The molecule has 0 radical (unpaired) electrons. The zero-order chi connectivity index (χ0) is 14.9. The molecule has 2 aromatic heterocycles. The zero-order valence-electron chi connectivity index (χ0n) is 12.5. The molecule has 1 fully saturated rings. The number of hydrogen-bond acceptors (Lipinski definition) is 5. The highest BCUT2D eigenvalue weighted by molar-refractivity contribution is 5.91. The Hall–Kier alpha value is -2.63. The Bertz CT molecular complexity index is 803. The number of rotatable bonds is 3. The molecule has 6 nitrogen and oxygen atoms in total. The summed E-state index contributed by atoms with van der Waals surface area (Å²) in [5, 5.41) is 17.2. The number of fused-ring (bicyclic) bond motifs is 1. The molecule has 0 saturated carbocycles. The average Bonchev–Trinajstić information content (AvgIpc) is 3.18. The Balaban J connectivity index is 1.66. The van der Waals surface area contributed by atoms with Crippen LogP contribution in [0.4, 0.5) is 17.3 Å². The van der Waals surface area contributed by atoms with Gasteiger partial charge >= 0.3 is 0 Å². The maximum atomic E-state index is 4.54. The van der Waals surface area contributed by atoms with Crippen molar-refractivity contribution in [3.05, 3.63) is 36.5 Å². The van der Waals surface area contributed by atoms with Crippen molar-refractivity contribution in [2.45, 2.75) is 12.8 Å². The Morgan fingerprint density at radius 3 is 2.82 bits per heavy atom. The average molecular weight is 294 g/mol. The Kier molecular flexibility index (Phi) is 3.14. The lowest BCUT2D eigenvalue weighted by Gasteiger charge is -2.17. The summed E-state index contributed by atoms with van der Waals surface area (Å²) >= 11 is 0. The van der Waals surface area contributed by atoms with Crippen molar-refractivity contribution in [1.82, 2.24) is 20.0 Å². The Morgan fingerprint density at radius 1 is 1.14 bits per heavy atom. The second kappa shape index (κ2) is 5.29. The monoisotopic (exact) mass is 294 g/mol. The molecule has 22 heavy (non-hydrogen) atoms. The number of anilines is 3. The molecule has 1 saturated heterocycles. The van der Waals surface area contributed by atoms with Gasteiger partial charge in [-0.15, -0.1) is 5.10 Å². The van der Waals surface area contributed by atoms with Crippen LogP contribution in [-0.4, -0.2) is 33.1 Å². The van der Waals surface area contributed by atoms with E-state index in [9.17, 15) is 0 Å². The van der Waals surface area contributed by atoms with Crippen molar-refractivity contribution >= 4 is 28.2 Å². The molecule has 1 aliphatic heterocycles. The highest BCUT2D eigenvalue weighted by atomic mass is 15.3. The summed E-state index contributed by atoms with van der Waals surface area (Å²) in [5.41, 5.74) is 2.21. The lowest BCUT2D eigenvalue weighted by Crippen LogP contribution is -2.18. The fourth-order valence-electron chi connectivity index (χ4n) is 2.99. The molecule has 6 heteroatoms. The SMILES string of the molecule is Cn1nc(Nc2cc(N3CCCC3)cnn2)c2ccccc21. The van der Waals surface area contributed by atoms with Gasteiger partial charge in [-0.2, -0.15) is 10.2 Å². The number of para-hydroxylation sites is 1. The van der Waals surface area contributed by atoms with E-state index < -0.39 is 0 Å². The molecule has 0 aliphatic carbocycles. The third-order valence-corrected chi connectivity index (χ3v) is 4.12. The standard InChI is InChI=1S/C16H18N6/c1-21-14-7-3-2-6-13(14)16(20-21)18-15-10-12(11-17-19-15)22-8-4-5-9-22/h2-3,6-7,10-11H,4-5,8-9H2,1H3,(H,18,19,20).